The van der Waals surface area contributed by atoms with E-state index in [1.54, 1.807) is 6.07 Å². The molecule has 2 fully saturated rings. The fourth-order valence-corrected chi connectivity index (χ4v) is 3.58. The van der Waals surface area contributed by atoms with Crippen LogP contribution in [0.5, 0.6) is 0 Å². The van der Waals surface area contributed by atoms with Gasteiger partial charge in [0.25, 0.3) is 0 Å². The van der Waals surface area contributed by atoms with Crippen LogP contribution in [-0.4, -0.2) is 37.1 Å². The van der Waals surface area contributed by atoms with Crippen molar-refractivity contribution >= 4 is 11.4 Å². The van der Waals surface area contributed by atoms with E-state index in [-0.39, 0.29) is 5.69 Å². The first kappa shape index (κ1) is 15.5. The molecule has 1 aromatic rings. The van der Waals surface area contributed by atoms with Crippen molar-refractivity contribution in [1.82, 2.24) is 4.90 Å². The third-order valence-electron chi connectivity index (χ3n) is 4.75. The lowest BCUT2D eigenvalue weighted by Gasteiger charge is -2.38. The van der Waals surface area contributed by atoms with E-state index in [4.69, 9.17) is 5.73 Å². The molecule has 0 aliphatic carbocycles. The van der Waals surface area contributed by atoms with Gasteiger partial charge in [-0.2, -0.15) is 13.2 Å². The number of hydrogen-bond donors (Lipinski definition) is 1. The van der Waals surface area contributed by atoms with Gasteiger partial charge in [-0.1, -0.05) is 0 Å². The molecule has 122 valence electrons. The van der Waals surface area contributed by atoms with Gasteiger partial charge in [0.15, 0.2) is 0 Å². The number of hydrogen-bond acceptors (Lipinski definition) is 3. The van der Waals surface area contributed by atoms with Crippen molar-refractivity contribution in [3.05, 3.63) is 23.8 Å². The maximum Gasteiger partial charge on any atom is 0.416 e. The Morgan fingerprint density at radius 3 is 2.18 bits per heavy atom. The average molecular weight is 313 g/mol. The number of nitrogens with zero attached hydrogens (tertiary/aromatic N) is 2. The zero-order valence-electron chi connectivity index (χ0n) is 12.6. The molecule has 0 aromatic heterocycles. The second-order valence-corrected chi connectivity index (χ2v) is 6.27. The molecule has 22 heavy (non-hydrogen) atoms. The number of nitrogens with two attached hydrogens (primary N) is 1. The highest BCUT2D eigenvalue weighted by molar-refractivity contribution is 5.59. The van der Waals surface area contributed by atoms with Crippen molar-refractivity contribution in [2.24, 2.45) is 0 Å². The molecule has 2 aliphatic heterocycles. The Bertz CT molecular complexity index is 516. The first-order chi connectivity index (χ1) is 10.4. The number of likely N-dealkylation sites (tertiary alicyclic amines) is 1. The molecule has 0 radical (unpaired) electrons. The van der Waals surface area contributed by atoms with Crippen molar-refractivity contribution in [2.45, 2.75) is 37.9 Å². The molecule has 0 amide bonds. The van der Waals surface area contributed by atoms with Crippen LogP contribution < -0.4 is 10.6 Å². The van der Waals surface area contributed by atoms with E-state index in [0.29, 0.717) is 11.7 Å². The van der Waals surface area contributed by atoms with E-state index in [1.165, 1.54) is 32.0 Å². The Hall–Kier alpha value is -1.43. The molecule has 3 nitrogen and oxygen atoms in total. The lowest BCUT2D eigenvalue weighted by molar-refractivity contribution is -0.137. The van der Waals surface area contributed by atoms with Crippen LogP contribution in [-0.2, 0) is 6.18 Å². The highest BCUT2D eigenvalue weighted by Gasteiger charge is 2.32. The first-order valence-electron chi connectivity index (χ1n) is 7.90. The number of rotatable bonds is 2. The van der Waals surface area contributed by atoms with Gasteiger partial charge in [0, 0.05) is 30.5 Å². The first-order valence-corrected chi connectivity index (χ1v) is 7.90. The Morgan fingerprint density at radius 1 is 0.955 bits per heavy atom. The Kier molecular flexibility index (Phi) is 4.21. The van der Waals surface area contributed by atoms with E-state index >= 15 is 0 Å². The van der Waals surface area contributed by atoms with Crippen molar-refractivity contribution in [3.8, 4) is 0 Å². The van der Waals surface area contributed by atoms with E-state index in [0.717, 1.165) is 32.0 Å². The standard InChI is InChI=1S/C16H22F3N3/c17-16(18,19)12-9-13(20)11-15(10-12)22-7-3-14(4-8-22)21-5-1-2-6-21/h9-11,14H,1-8,20H2. The predicted molar refractivity (Wildman–Crippen MR) is 81.9 cm³/mol. The van der Waals surface area contributed by atoms with Crippen LogP contribution in [0.2, 0.25) is 0 Å². The molecule has 2 aliphatic rings. The van der Waals surface area contributed by atoms with E-state index in [2.05, 4.69) is 4.90 Å². The topological polar surface area (TPSA) is 32.5 Å². The summed E-state index contributed by atoms with van der Waals surface area (Å²) in [5, 5.41) is 0. The normalized spacial score (nSPS) is 21.5. The van der Waals surface area contributed by atoms with Crippen LogP contribution in [0.4, 0.5) is 24.5 Å². The summed E-state index contributed by atoms with van der Waals surface area (Å²) in [5.74, 6) is 0. The van der Waals surface area contributed by atoms with Crippen molar-refractivity contribution in [3.63, 3.8) is 0 Å². The fraction of sp³-hybridized carbons (Fsp3) is 0.625. The Balaban J connectivity index is 1.69. The summed E-state index contributed by atoms with van der Waals surface area (Å²) in [6.45, 7) is 3.92. The van der Waals surface area contributed by atoms with Gasteiger partial charge in [-0.05, 0) is 57.0 Å². The van der Waals surface area contributed by atoms with E-state index in [9.17, 15) is 13.2 Å². The van der Waals surface area contributed by atoms with Crippen molar-refractivity contribution in [1.29, 1.82) is 0 Å². The highest BCUT2D eigenvalue weighted by Crippen LogP contribution is 2.34. The second-order valence-electron chi connectivity index (χ2n) is 6.27. The number of alkyl halides is 3. The van der Waals surface area contributed by atoms with Gasteiger partial charge < -0.3 is 15.5 Å². The van der Waals surface area contributed by atoms with Gasteiger partial charge in [-0.25, -0.2) is 0 Å². The van der Waals surface area contributed by atoms with Gasteiger partial charge in [-0.15, -0.1) is 0 Å². The monoisotopic (exact) mass is 313 g/mol. The van der Waals surface area contributed by atoms with Gasteiger partial charge in [0.2, 0.25) is 0 Å². The molecule has 0 atom stereocenters. The summed E-state index contributed by atoms with van der Waals surface area (Å²) in [5.41, 5.74) is 5.75. The van der Waals surface area contributed by atoms with Crippen LogP contribution in [0.3, 0.4) is 0 Å². The lowest BCUT2D eigenvalue weighted by Crippen LogP contribution is -2.43. The largest absolute Gasteiger partial charge is 0.416 e. The molecule has 2 heterocycles. The summed E-state index contributed by atoms with van der Waals surface area (Å²) < 4.78 is 38.7. The lowest BCUT2D eigenvalue weighted by atomic mass is 10.0. The van der Waals surface area contributed by atoms with Crippen molar-refractivity contribution in [2.75, 3.05) is 36.8 Å². The molecule has 3 rings (SSSR count). The predicted octanol–water partition coefficient (Wildman–Crippen LogP) is 3.35. The van der Waals surface area contributed by atoms with Crippen LogP contribution in [0.1, 0.15) is 31.2 Å². The molecular weight excluding hydrogens is 291 g/mol. The minimum Gasteiger partial charge on any atom is -0.399 e. The molecule has 1 aromatic carbocycles. The molecule has 0 spiro atoms. The van der Waals surface area contributed by atoms with Crippen LogP contribution >= 0.6 is 0 Å². The van der Waals surface area contributed by atoms with Gasteiger partial charge in [0.1, 0.15) is 0 Å². The van der Waals surface area contributed by atoms with Crippen molar-refractivity contribution < 1.29 is 13.2 Å². The van der Waals surface area contributed by atoms with Gasteiger partial charge in [0.05, 0.1) is 5.56 Å². The molecule has 0 bridgehead atoms. The number of halogens is 3. The summed E-state index contributed by atoms with van der Waals surface area (Å²) >= 11 is 0. The third kappa shape index (κ3) is 3.32. The van der Waals surface area contributed by atoms with Gasteiger partial charge >= 0.3 is 6.18 Å². The molecule has 2 N–H and O–H groups in total. The quantitative estimate of drug-likeness (QED) is 0.850. The zero-order valence-corrected chi connectivity index (χ0v) is 12.6. The van der Waals surface area contributed by atoms with Crippen LogP contribution in [0.15, 0.2) is 18.2 Å². The third-order valence-corrected chi connectivity index (χ3v) is 4.75. The Morgan fingerprint density at radius 2 is 1.59 bits per heavy atom. The number of piperidine rings is 1. The number of nitrogen functional groups attached to an aromatic ring is 1. The second kappa shape index (κ2) is 5.99. The molecule has 0 saturated carbocycles. The average Bonchev–Trinajstić information content (AvgIpc) is 3.00. The SMILES string of the molecule is Nc1cc(N2CCC(N3CCCC3)CC2)cc(C(F)(F)F)c1. The van der Waals surface area contributed by atoms with Crippen LogP contribution in [0.25, 0.3) is 0 Å². The molecular formula is C16H22F3N3. The zero-order chi connectivity index (χ0) is 15.7. The minimum absolute atomic E-state index is 0.173. The highest BCUT2D eigenvalue weighted by atomic mass is 19.4. The van der Waals surface area contributed by atoms with Gasteiger partial charge in [-0.3, -0.25) is 0 Å². The molecule has 0 unspecified atom stereocenters. The minimum atomic E-state index is -4.35. The maximum absolute atomic E-state index is 12.9. The molecule has 6 heteroatoms. The smallest absolute Gasteiger partial charge is 0.399 e. The Labute approximate surface area is 128 Å². The maximum atomic E-state index is 12.9. The number of benzene rings is 1. The number of anilines is 2. The fourth-order valence-electron chi connectivity index (χ4n) is 3.58. The molecule has 2 saturated heterocycles. The van der Waals surface area contributed by atoms with Crippen LogP contribution in [0, 0.1) is 0 Å². The summed E-state index contributed by atoms with van der Waals surface area (Å²) in [7, 11) is 0. The summed E-state index contributed by atoms with van der Waals surface area (Å²) in [4.78, 5) is 4.55. The summed E-state index contributed by atoms with van der Waals surface area (Å²) in [6.07, 6.45) is 0.207. The van der Waals surface area contributed by atoms with E-state index in [1.807, 2.05) is 4.90 Å². The summed E-state index contributed by atoms with van der Waals surface area (Å²) in [6, 6.07) is 4.44. The van der Waals surface area contributed by atoms with E-state index < -0.39 is 11.7 Å².